The highest BCUT2D eigenvalue weighted by molar-refractivity contribution is 6.10. The average molecular weight is 369 g/mol. The second kappa shape index (κ2) is 7.53. The van der Waals surface area contributed by atoms with Crippen LogP contribution in [0.4, 0.5) is 0 Å². The minimum absolute atomic E-state index is 0.0129. The van der Waals surface area contributed by atoms with Crippen LogP contribution in [0.3, 0.4) is 0 Å². The van der Waals surface area contributed by atoms with Crippen LogP contribution in [0.15, 0.2) is 85.1 Å². The Morgan fingerprint density at radius 3 is 2.25 bits per heavy atom. The van der Waals surface area contributed by atoms with Crippen molar-refractivity contribution in [1.82, 2.24) is 4.98 Å². The molecule has 0 bridgehead atoms. The van der Waals surface area contributed by atoms with Gasteiger partial charge in [-0.05, 0) is 37.3 Å². The molecule has 0 aliphatic rings. The number of nitrogens with one attached hydrogen (secondary N) is 1. The van der Waals surface area contributed by atoms with Crippen molar-refractivity contribution in [1.29, 1.82) is 0 Å². The third-order valence-corrected chi connectivity index (χ3v) is 4.71. The van der Waals surface area contributed by atoms with Crippen molar-refractivity contribution in [2.45, 2.75) is 13.0 Å². The van der Waals surface area contributed by atoms with E-state index in [1.165, 1.54) is 6.92 Å². The van der Waals surface area contributed by atoms with E-state index in [-0.39, 0.29) is 11.6 Å². The first-order valence-electron chi connectivity index (χ1n) is 9.06. The van der Waals surface area contributed by atoms with Crippen LogP contribution in [0.2, 0.25) is 0 Å². The summed E-state index contributed by atoms with van der Waals surface area (Å²) in [5.41, 5.74) is 2.87. The Labute approximate surface area is 162 Å². The van der Waals surface area contributed by atoms with Crippen LogP contribution in [0.5, 0.6) is 5.75 Å². The van der Waals surface area contributed by atoms with Crippen LogP contribution in [0.1, 0.15) is 39.3 Å². The first kappa shape index (κ1) is 17.7. The third-order valence-electron chi connectivity index (χ3n) is 4.71. The molecule has 1 aromatic heterocycles. The van der Waals surface area contributed by atoms with Crippen LogP contribution < -0.4 is 4.74 Å². The first-order chi connectivity index (χ1) is 13.6. The Balaban J connectivity index is 1.71. The number of fused-ring (bicyclic) bond motifs is 1. The molecular weight excluding hydrogens is 350 g/mol. The number of ketones is 2. The number of H-pyrrole nitrogens is 1. The molecular formula is C24H19NO3. The summed E-state index contributed by atoms with van der Waals surface area (Å²) in [7, 11) is 0. The fourth-order valence-electron chi connectivity index (χ4n) is 3.22. The summed E-state index contributed by atoms with van der Waals surface area (Å²) in [5, 5.41) is 0.865. The lowest BCUT2D eigenvalue weighted by molar-refractivity contribution is 0.0793. The molecule has 0 radical (unpaired) electrons. The second-order valence-corrected chi connectivity index (χ2v) is 6.60. The topological polar surface area (TPSA) is 59.2 Å². The van der Waals surface area contributed by atoms with Crippen molar-refractivity contribution in [3.8, 4) is 5.75 Å². The Morgan fingerprint density at radius 2 is 1.54 bits per heavy atom. The predicted molar refractivity (Wildman–Crippen MR) is 109 cm³/mol. The van der Waals surface area contributed by atoms with Crippen molar-refractivity contribution < 1.29 is 14.3 Å². The molecule has 4 heteroatoms. The van der Waals surface area contributed by atoms with Crippen molar-refractivity contribution in [2.75, 3.05) is 0 Å². The number of aromatic amines is 1. The van der Waals surface area contributed by atoms with E-state index in [0.717, 1.165) is 16.5 Å². The maximum atomic E-state index is 13.4. The maximum absolute atomic E-state index is 13.4. The van der Waals surface area contributed by atoms with E-state index < -0.39 is 6.10 Å². The molecule has 28 heavy (non-hydrogen) atoms. The standard InChI is InChI=1S/C24H19NO3/c1-16(26)17-11-13-19(14-12-17)28-24(18-7-3-2-4-8-18)23(27)21-15-25-22-10-6-5-9-20(21)22/h2-15,24-25H,1H3/t24-/m1/s1. The molecule has 0 amide bonds. The van der Waals surface area contributed by atoms with Gasteiger partial charge in [-0.2, -0.15) is 0 Å². The van der Waals surface area contributed by atoms with Crippen LogP contribution >= 0.6 is 0 Å². The van der Waals surface area contributed by atoms with Gasteiger partial charge >= 0.3 is 0 Å². The number of hydrogen-bond donors (Lipinski definition) is 1. The number of carbonyl (C=O) groups excluding carboxylic acids is 2. The summed E-state index contributed by atoms with van der Waals surface area (Å²) in [5.74, 6) is 0.396. The molecule has 138 valence electrons. The van der Waals surface area contributed by atoms with Gasteiger partial charge in [0.15, 0.2) is 11.9 Å². The minimum Gasteiger partial charge on any atom is -0.478 e. The predicted octanol–water partition coefficient (Wildman–Crippen LogP) is 5.37. The number of ether oxygens (including phenoxy) is 1. The third kappa shape index (κ3) is 3.45. The fraction of sp³-hybridized carbons (Fsp3) is 0.0833. The second-order valence-electron chi connectivity index (χ2n) is 6.60. The molecule has 0 spiro atoms. The molecule has 4 aromatic rings. The summed E-state index contributed by atoms with van der Waals surface area (Å²) >= 11 is 0. The van der Waals surface area contributed by atoms with Gasteiger partial charge < -0.3 is 9.72 Å². The van der Waals surface area contributed by atoms with Gasteiger partial charge in [-0.1, -0.05) is 48.5 Å². The van der Waals surface area contributed by atoms with Gasteiger partial charge in [0.05, 0.1) is 0 Å². The van der Waals surface area contributed by atoms with Crippen molar-refractivity contribution in [2.24, 2.45) is 0 Å². The Morgan fingerprint density at radius 1 is 0.857 bits per heavy atom. The summed E-state index contributed by atoms with van der Waals surface area (Å²) in [4.78, 5) is 28.0. The molecule has 1 atom stereocenters. The Kier molecular flexibility index (Phi) is 4.77. The highest BCUT2D eigenvalue weighted by Crippen LogP contribution is 2.29. The fourth-order valence-corrected chi connectivity index (χ4v) is 3.22. The molecule has 0 aliphatic heterocycles. The van der Waals surface area contributed by atoms with E-state index in [2.05, 4.69) is 4.98 Å². The number of rotatable bonds is 6. The summed E-state index contributed by atoms with van der Waals surface area (Å²) in [6, 6.07) is 24.0. The van der Waals surface area contributed by atoms with E-state index >= 15 is 0 Å². The van der Waals surface area contributed by atoms with Gasteiger partial charge in [0.1, 0.15) is 5.75 Å². The number of aromatic nitrogens is 1. The van der Waals surface area contributed by atoms with Gasteiger partial charge in [-0.25, -0.2) is 0 Å². The molecule has 0 saturated carbocycles. The molecule has 1 heterocycles. The van der Waals surface area contributed by atoms with Crippen LogP contribution in [0.25, 0.3) is 10.9 Å². The molecule has 0 saturated heterocycles. The van der Waals surface area contributed by atoms with Crippen LogP contribution in [-0.4, -0.2) is 16.6 Å². The summed E-state index contributed by atoms with van der Waals surface area (Å²) in [6.07, 6.45) is 0.939. The number of carbonyl (C=O) groups is 2. The van der Waals surface area contributed by atoms with Crippen molar-refractivity contribution >= 4 is 22.5 Å². The Bertz CT molecular complexity index is 1130. The van der Waals surface area contributed by atoms with E-state index in [1.807, 2.05) is 54.6 Å². The largest absolute Gasteiger partial charge is 0.478 e. The summed E-state index contributed by atoms with van der Waals surface area (Å²) in [6.45, 7) is 1.52. The van der Waals surface area contributed by atoms with Crippen LogP contribution in [-0.2, 0) is 0 Å². The lowest BCUT2D eigenvalue weighted by Gasteiger charge is -2.18. The van der Waals surface area contributed by atoms with E-state index in [9.17, 15) is 9.59 Å². The number of para-hydroxylation sites is 1. The van der Waals surface area contributed by atoms with Crippen molar-refractivity contribution in [3.63, 3.8) is 0 Å². The lowest BCUT2D eigenvalue weighted by atomic mass is 9.99. The smallest absolute Gasteiger partial charge is 0.210 e. The molecule has 0 unspecified atom stereocenters. The molecule has 4 rings (SSSR count). The van der Waals surface area contributed by atoms with Gasteiger partial charge in [-0.15, -0.1) is 0 Å². The highest BCUT2D eigenvalue weighted by atomic mass is 16.5. The Hall–Kier alpha value is -3.66. The number of hydrogen-bond acceptors (Lipinski definition) is 3. The zero-order valence-electron chi connectivity index (χ0n) is 15.4. The number of Topliss-reactive ketones (excluding diaryl/α,β-unsaturated/α-hetero) is 2. The molecule has 4 nitrogen and oxygen atoms in total. The van der Waals surface area contributed by atoms with Gasteiger partial charge in [0, 0.05) is 33.8 Å². The summed E-state index contributed by atoms with van der Waals surface area (Å²) < 4.78 is 6.10. The normalized spacial score (nSPS) is 11.9. The lowest BCUT2D eigenvalue weighted by Crippen LogP contribution is -2.19. The van der Waals surface area contributed by atoms with E-state index in [1.54, 1.807) is 30.5 Å². The zero-order chi connectivity index (χ0) is 19.5. The van der Waals surface area contributed by atoms with Gasteiger partial charge in [0.2, 0.25) is 5.78 Å². The molecule has 0 aliphatic carbocycles. The van der Waals surface area contributed by atoms with Crippen LogP contribution in [0, 0.1) is 0 Å². The minimum atomic E-state index is -0.788. The van der Waals surface area contributed by atoms with E-state index in [0.29, 0.717) is 16.9 Å². The molecule has 1 N–H and O–H groups in total. The zero-order valence-corrected chi connectivity index (χ0v) is 15.4. The quantitative estimate of drug-likeness (QED) is 0.465. The number of benzene rings is 3. The van der Waals surface area contributed by atoms with Gasteiger partial charge in [-0.3, -0.25) is 9.59 Å². The highest BCUT2D eigenvalue weighted by Gasteiger charge is 2.26. The molecule has 0 fully saturated rings. The first-order valence-corrected chi connectivity index (χ1v) is 9.06. The van der Waals surface area contributed by atoms with Crippen molar-refractivity contribution in [3.05, 3.63) is 102 Å². The molecule has 3 aromatic carbocycles. The SMILES string of the molecule is CC(=O)c1ccc(O[C@@H](C(=O)c2c[nH]c3ccccc23)c2ccccc2)cc1. The van der Waals surface area contributed by atoms with E-state index in [4.69, 9.17) is 4.74 Å². The monoisotopic (exact) mass is 369 g/mol. The van der Waals surface area contributed by atoms with Gasteiger partial charge in [0.25, 0.3) is 0 Å². The average Bonchev–Trinajstić information content (AvgIpc) is 3.17. The maximum Gasteiger partial charge on any atom is 0.210 e.